The lowest BCUT2D eigenvalue weighted by molar-refractivity contribution is 0.777. The van der Waals surface area contributed by atoms with Crippen molar-refractivity contribution in [3.05, 3.63) is 32.8 Å². The van der Waals surface area contributed by atoms with Gasteiger partial charge in [-0.3, -0.25) is 0 Å². The predicted molar refractivity (Wildman–Crippen MR) is 67.7 cm³/mol. The van der Waals surface area contributed by atoms with Gasteiger partial charge >= 0.3 is 0 Å². The molecule has 2 aromatic rings. The molecule has 1 aromatic heterocycles. The van der Waals surface area contributed by atoms with Crippen molar-refractivity contribution in [1.29, 1.82) is 0 Å². The van der Waals surface area contributed by atoms with E-state index in [0.29, 0.717) is 0 Å². The summed E-state index contributed by atoms with van der Waals surface area (Å²) in [6.45, 7) is 5.29. The van der Waals surface area contributed by atoms with Gasteiger partial charge in [-0.15, -0.1) is 0 Å². The Morgan fingerprint density at radius 1 is 1.29 bits per heavy atom. The third kappa shape index (κ3) is 1.43. The highest BCUT2D eigenvalue weighted by atomic mass is 79.9. The number of benzene rings is 1. The van der Waals surface area contributed by atoms with Gasteiger partial charge in [0.15, 0.2) is 0 Å². The molecule has 0 bridgehead atoms. The predicted octanol–water partition coefficient (Wildman–Crippen LogP) is 4.49. The van der Waals surface area contributed by atoms with Gasteiger partial charge in [0.05, 0.1) is 4.60 Å². The first-order chi connectivity index (χ1) is 6.65. The molecule has 0 unspecified atom stereocenters. The molecule has 0 fully saturated rings. The lowest BCUT2D eigenvalue weighted by atomic mass is 10.2. The zero-order valence-corrected chi connectivity index (χ0v) is 11.3. The van der Waals surface area contributed by atoms with Crippen LogP contribution in [-0.2, 0) is 6.54 Å². The maximum Gasteiger partial charge on any atom is 0.0886 e. The zero-order valence-electron chi connectivity index (χ0n) is 8.14. The molecule has 0 spiro atoms. The number of hydrogen-bond acceptors (Lipinski definition) is 0. The van der Waals surface area contributed by atoms with Crippen LogP contribution in [0.4, 0.5) is 0 Å². The topological polar surface area (TPSA) is 4.93 Å². The molecular formula is C11H11Br2N. The highest BCUT2D eigenvalue weighted by molar-refractivity contribution is 9.10. The first-order valence-corrected chi connectivity index (χ1v) is 6.17. The molecule has 0 saturated carbocycles. The summed E-state index contributed by atoms with van der Waals surface area (Å²) in [5.41, 5.74) is 2.60. The van der Waals surface area contributed by atoms with Crippen LogP contribution in [0, 0.1) is 6.92 Å². The van der Waals surface area contributed by atoms with Crippen LogP contribution in [0.15, 0.2) is 27.3 Å². The molecule has 0 aliphatic heterocycles. The number of aromatic nitrogens is 1. The van der Waals surface area contributed by atoms with Gasteiger partial charge in [-0.05, 0) is 53.5 Å². The Hall–Kier alpha value is -0.280. The van der Waals surface area contributed by atoms with E-state index in [1.165, 1.54) is 21.1 Å². The molecule has 0 amide bonds. The van der Waals surface area contributed by atoms with E-state index in [1.807, 2.05) is 0 Å². The Bertz CT molecular complexity index is 485. The van der Waals surface area contributed by atoms with Crippen molar-refractivity contribution in [2.24, 2.45) is 0 Å². The number of fused-ring (bicyclic) bond motifs is 1. The standard InChI is InChI=1S/C11H11Br2N/c1-3-14-10-5-4-8(12)6-9(10)7(2)11(14)13/h4-6H,3H2,1-2H3. The fraction of sp³-hybridized carbons (Fsp3) is 0.273. The molecule has 0 saturated heterocycles. The van der Waals surface area contributed by atoms with Crippen molar-refractivity contribution in [3.8, 4) is 0 Å². The summed E-state index contributed by atoms with van der Waals surface area (Å²) in [5, 5.41) is 1.31. The van der Waals surface area contributed by atoms with Crippen molar-refractivity contribution in [2.45, 2.75) is 20.4 Å². The van der Waals surface area contributed by atoms with Gasteiger partial charge in [-0.2, -0.15) is 0 Å². The fourth-order valence-electron chi connectivity index (χ4n) is 1.77. The first-order valence-electron chi connectivity index (χ1n) is 4.59. The van der Waals surface area contributed by atoms with Gasteiger partial charge < -0.3 is 4.57 Å². The van der Waals surface area contributed by atoms with Gasteiger partial charge in [0.2, 0.25) is 0 Å². The fourth-order valence-corrected chi connectivity index (χ4v) is 2.79. The second-order valence-corrected chi connectivity index (χ2v) is 4.99. The number of rotatable bonds is 1. The number of aryl methyl sites for hydroxylation is 2. The molecule has 0 aliphatic rings. The van der Waals surface area contributed by atoms with E-state index >= 15 is 0 Å². The highest BCUT2D eigenvalue weighted by Crippen LogP contribution is 2.31. The molecule has 1 heterocycles. The Balaban J connectivity index is 2.88. The molecule has 0 radical (unpaired) electrons. The Labute approximate surface area is 100 Å². The van der Waals surface area contributed by atoms with Crippen LogP contribution >= 0.6 is 31.9 Å². The minimum Gasteiger partial charge on any atom is -0.335 e. The van der Waals surface area contributed by atoms with Gasteiger partial charge in [0, 0.05) is 21.9 Å². The quantitative estimate of drug-likeness (QED) is 0.730. The van der Waals surface area contributed by atoms with Crippen LogP contribution in [0.3, 0.4) is 0 Å². The molecule has 0 aliphatic carbocycles. The maximum atomic E-state index is 3.63. The first kappa shape index (κ1) is 10.2. The second kappa shape index (κ2) is 3.70. The highest BCUT2D eigenvalue weighted by Gasteiger charge is 2.10. The molecule has 2 rings (SSSR count). The Morgan fingerprint density at radius 2 is 2.00 bits per heavy atom. The molecule has 3 heteroatoms. The van der Waals surface area contributed by atoms with E-state index in [1.54, 1.807) is 0 Å². The van der Waals surface area contributed by atoms with E-state index < -0.39 is 0 Å². The van der Waals surface area contributed by atoms with E-state index in [4.69, 9.17) is 0 Å². The van der Waals surface area contributed by atoms with Crippen molar-refractivity contribution >= 4 is 42.8 Å². The minimum atomic E-state index is 0.993. The van der Waals surface area contributed by atoms with Gasteiger partial charge in [0.1, 0.15) is 0 Å². The summed E-state index contributed by atoms with van der Waals surface area (Å²) in [7, 11) is 0. The van der Waals surface area contributed by atoms with Gasteiger partial charge in [-0.25, -0.2) is 0 Å². The monoisotopic (exact) mass is 315 g/mol. The molecule has 1 aromatic carbocycles. The minimum absolute atomic E-state index is 0.993. The molecule has 14 heavy (non-hydrogen) atoms. The molecule has 74 valence electrons. The average Bonchev–Trinajstić information content (AvgIpc) is 2.41. The normalized spacial score (nSPS) is 11.1. The molecule has 0 N–H and O–H groups in total. The van der Waals surface area contributed by atoms with E-state index in [2.05, 4.69) is 68.5 Å². The van der Waals surface area contributed by atoms with Crippen LogP contribution in [0.1, 0.15) is 12.5 Å². The van der Waals surface area contributed by atoms with Gasteiger partial charge in [-0.1, -0.05) is 15.9 Å². The SMILES string of the molecule is CCn1c(Br)c(C)c2cc(Br)ccc21. The Kier molecular flexibility index (Phi) is 2.71. The molecule has 0 atom stereocenters. The number of nitrogens with zero attached hydrogens (tertiary/aromatic N) is 1. The summed E-state index contributed by atoms with van der Waals surface area (Å²) in [4.78, 5) is 0. The summed E-state index contributed by atoms with van der Waals surface area (Å²) >= 11 is 7.12. The van der Waals surface area contributed by atoms with Crippen LogP contribution in [-0.4, -0.2) is 4.57 Å². The zero-order chi connectivity index (χ0) is 10.3. The van der Waals surface area contributed by atoms with Crippen LogP contribution in [0.5, 0.6) is 0 Å². The third-order valence-corrected chi connectivity index (χ3v) is 4.03. The second-order valence-electron chi connectivity index (χ2n) is 3.32. The number of hydrogen-bond donors (Lipinski definition) is 0. The van der Waals surface area contributed by atoms with Crippen LogP contribution in [0.2, 0.25) is 0 Å². The smallest absolute Gasteiger partial charge is 0.0886 e. The number of halogens is 2. The lowest BCUT2D eigenvalue weighted by Gasteiger charge is -2.02. The van der Waals surface area contributed by atoms with Crippen molar-refractivity contribution in [2.75, 3.05) is 0 Å². The molecule has 1 nitrogen and oxygen atoms in total. The van der Waals surface area contributed by atoms with Crippen molar-refractivity contribution in [3.63, 3.8) is 0 Å². The summed E-state index contributed by atoms with van der Waals surface area (Å²) < 4.78 is 4.60. The summed E-state index contributed by atoms with van der Waals surface area (Å²) in [6, 6.07) is 6.41. The van der Waals surface area contributed by atoms with Crippen molar-refractivity contribution in [1.82, 2.24) is 4.57 Å². The lowest BCUT2D eigenvalue weighted by Crippen LogP contribution is -1.92. The van der Waals surface area contributed by atoms with Crippen molar-refractivity contribution < 1.29 is 0 Å². The van der Waals surface area contributed by atoms with E-state index in [0.717, 1.165) is 11.0 Å². The largest absolute Gasteiger partial charge is 0.335 e. The van der Waals surface area contributed by atoms with Crippen LogP contribution in [0.25, 0.3) is 10.9 Å². The van der Waals surface area contributed by atoms with Gasteiger partial charge in [0.25, 0.3) is 0 Å². The Morgan fingerprint density at radius 3 is 2.64 bits per heavy atom. The van der Waals surface area contributed by atoms with Crippen LogP contribution < -0.4 is 0 Å². The third-order valence-electron chi connectivity index (χ3n) is 2.52. The molecular weight excluding hydrogens is 306 g/mol. The van der Waals surface area contributed by atoms with E-state index in [-0.39, 0.29) is 0 Å². The van der Waals surface area contributed by atoms with E-state index in [9.17, 15) is 0 Å². The summed E-state index contributed by atoms with van der Waals surface area (Å²) in [6.07, 6.45) is 0. The summed E-state index contributed by atoms with van der Waals surface area (Å²) in [5.74, 6) is 0. The average molecular weight is 317 g/mol. The maximum absolute atomic E-state index is 3.63.